The van der Waals surface area contributed by atoms with Crippen LogP contribution in [0.1, 0.15) is 29.9 Å². The second-order valence-corrected chi connectivity index (χ2v) is 10.6. The molecule has 9 heteroatoms. The zero-order valence-corrected chi connectivity index (χ0v) is 20.6. The van der Waals surface area contributed by atoms with E-state index in [-0.39, 0.29) is 10.8 Å². The second-order valence-electron chi connectivity index (χ2n) is 7.58. The summed E-state index contributed by atoms with van der Waals surface area (Å²) in [5, 5.41) is 2.82. The Hall–Kier alpha value is -3.14. The van der Waals surface area contributed by atoms with Gasteiger partial charge in [0.05, 0.1) is 10.6 Å². The first-order valence-corrected chi connectivity index (χ1v) is 13.4. The summed E-state index contributed by atoms with van der Waals surface area (Å²) in [7, 11) is -3.52. The van der Waals surface area contributed by atoms with Gasteiger partial charge in [0.1, 0.15) is 5.65 Å². The van der Waals surface area contributed by atoms with Gasteiger partial charge in [0.25, 0.3) is 5.91 Å². The molecule has 0 radical (unpaired) electrons. The lowest BCUT2D eigenvalue weighted by Crippen LogP contribution is -2.30. The summed E-state index contributed by atoms with van der Waals surface area (Å²) in [6.45, 7) is 4.42. The molecule has 0 fully saturated rings. The number of rotatable bonds is 9. The van der Waals surface area contributed by atoms with Gasteiger partial charge in [-0.2, -0.15) is 4.31 Å². The van der Waals surface area contributed by atoms with Gasteiger partial charge in [0, 0.05) is 47.4 Å². The van der Waals surface area contributed by atoms with Crippen LogP contribution in [0.25, 0.3) is 5.65 Å². The third-order valence-corrected chi connectivity index (χ3v) is 8.48. The van der Waals surface area contributed by atoms with Crippen molar-refractivity contribution in [3.05, 3.63) is 90.4 Å². The van der Waals surface area contributed by atoms with E-state index in [2.05, 4.69) is 10.3 Å². The molecular weight excluding hydrogens is 468 g/mol. The van der Waals surface area contributed by atoms with Crippen molar-refractivity contribution in [3.8, 4) is 0 Å². The Balaban J connectivity index is 1.36. The topological polar surface area (TPSA) is 83.8 Å². The van der Waals surface area contributed by atoms with Crippen LogP contribution in [0.4, 0.5) is 5.69 Å². The van der Waals surface area contributed by atoms with Gasteiger partial charge in [0.15, 0.2) is 0 Å². The van der Waals surface area contributed by atoms with E-state index in [9.17, 15) is 13.2 Å². The number of fused-ring (bicyclic) bond motifs is 1. The van der Waals surface area contributed by atoms with Gasteiger partial charge in [-0.3, -0.25) is 4.79 Å². The number of anilines is 1. The molecule has 0 saturated heterocycles. The number of benzene rings is 2. The minimum absolute atomic E-state index is 0.209. The average Bonchev–Trinajstić information content (AvgIpc) is 3.27. The van der Waals surface area contributed by atoms with Gasteiger partial charge in [0.2, 0.25) is 10.0 Å². The molecule has 0 atom stereocenters. The quantitative estimate of drug-likeness (QED) is 0.334. The lowest BCUT2D eigenvalue weighted by atomic mass is 10.2. The Morgan fingerprint density at radius 1 is 1.00 bits per heavy atom. The first-order valence-electron chi connectivity index (χ1n) is 11.0. The molecule has 0 bridgehead atoms. The molecule has 0 spiro atoms. The van der Waals surface area contributed by atoms with Gasteiger partial charge in [-0.05, 0) is 60.7 Å². The molecule has 4 rings (SSSR count). The van der Waals surface area contributed by atoms with E-state index in [4.69, 9.17) is 0 Å². The lowest BCUT2D eigenvalue weighted by Gasteiger charge is -2.18. The van der Waals surface area contributed by atoms with Crippen molar-refractivity contribution in [2.45, 2.75) is 29.4 Å². The second kappa shape index (κ2) is 10.4. The van der Waals surface area contributed by atoms with Crippen LogP contribution in [-0.2, 0) is 15.8 Å². The molecule has 176 valence electrons. The fraction of sp³-hybridized carbons (Fsp3) is 0.200. The van der Waals surface area contributed by atoms with Gasteiger partial charge >= 0.3 is 0 Å². The Bertz CT molecular complexity index is 1340. The van der Waals surface area contributed by atoms with E-state index in [1.807, 2.05) is 47.1 Å². The smallest absolute Gasteiger partial charge is 0.255 e. The number of hydrogen-bond donors (Lipinski definition) is 1. The molecule has 0 aliphatic heterocycles. The molecule has 7 nitrogen and oxygen atoms in total. The maximum atomic E-state index is 12.6. The van der Waals surface area contributed by atoms with Crippen molar-refractivity contribution in [3.63, 3.8) is 0 Å². The fourth-order valence-electron chi connectivity index (χ4n) is 3.54. The maximum Gasteiger partial charge on any atom is 0.255 e. The zero-order valence-electron chi connectivity index (χ0n) is 19.0. The predicted molar refractivity (Wildman–Crippen MR) is 136 cm³/mol. The van der Waals surface area contributed by atoms with Crippen LogP contribution in [-0.4, -0.2) is 41.1 Å². The molecule has 0 saturated carbocycles. The highest BCUT2D eigenvalue weighted by Gasteiger charge is 2.21. The normalized spacial score (nSPS) is 11.7. The molecule has 4 aromatic rings. The van der Waals surface area contributed by atoms with E-state index in [1.165, 1.54) is 16.4 Å². The van der Waals surface area contributed by atoms with Crippen LogP contribution in [0.5, 0.6) is 0 Å². The average molecular weight is 495 g/mol. The number of amides is 1. The van der Waals surface area contributed by atoms with E-state index < -0.39 is 10.0 Å². The molecule has 2 heterocycles. The lowest BCUT2D eigenvalue weighted by molar-refractivity contribution is 0.102. The minimum atomic E-state index is -3.52. The molecule has 2 aromatic heterocycles. The Labute approximate surface area is 203 Å². The minimum Gasteiger partial charge on any atom is -0.322 e. The first kappa shape index (κ1) is 24.0. The summed E-state index contributed by atoms with van der Waals surface area (Å²) < 4.78 is 28.6. The summed E-state index contributed by atoms with van der Waals surface area (Å²) in [5.41, 5.74) is 2.97. The summed E-state index contributed by atoms with van der Waals surface area (Å²) in [5.74, 6) is 0.479. The van der Waals surface area contributed by atoms with Gasteiger partial charge in [-0.15, -0.1) is 11.8 Å². The number of thioether (sulfide) groups is 1. The molecule has 0 unspecified atom stereocenters. The van der Waals surface area contributed by atoms with Crippen LogP contribution < -0.4 is 5.32 Å². The third kappa shape index (κ3) is 5.32. The van der Waals surface area contributed by atoms with Crippen LogP contribution >= 0.6 is 11.8 Å². The predicted octanol–water partition coefficient (Wildman–Crippen LogP) is 4.91. The van der Waals surface area contributed by atoms with Gasteiger partial charge in [-0.25, -0.2) is 13.4 Å². The monoisotopic (exact) mass is 494 g/mol. The first-order chi connectivity index (χ1) is 16.4. The van der Waals surface area contributed by atoms with E-state index in [1.54, 1.807) is 49.9 Å². The van der Waals surface area contributed by atoms with Crippen molar-refractivity contribution in [2.75, 3.05) is 18.4 Å². The van der Waals surface area contributed by atoms with Gasteiger partial charge < -0.3 is 9.72 Å². The van der Waals surface area contributed by atoms with Crippen LogP contribution in [0.15, 0.2) is 88.9 Å². The van der Waals surface area contributed by atoms with Crippen molar-refractivity contribution < 1.29 is 13.2 Å². The Morgan fingerprint density at radius 2 is 1.71 bits per heavy atom. The summed E-state index contributed by atoms with van der Waals surface area (Å²) in [6, 6.07) is 19.5. The molecule has 0 aliphatic rings. The van der Waals surface area contributed by atoms with Crippen molar-refractivity contribution in [2.24, 2.45) is 0 Å². The Kier molecular flexibility index (Phi) is 7.35. The zero-order chi connectivity index (χ0) is 24.1. The number of carbonyl (C=O) groups excluding carboxylic acids is 1. The standard InChI is InChI=1S/C25H26N4O3S2/c1-3-29(4-2)34(31,32)23-14-10-20(11-15-23)27-25(30)19-8-12-22(13-9-19)33-18-21-17-28-16-6-5-7-24(28)26-21/h5-17H,3-4,18H2,1-2H3,(H,27,30). The summed E-state index contributed by atoms with van der Waals surface area (Å²) >= 11 is 1.65. The van der Waals surface area contributed by atoms with Crippen molar-refractivity contribution in [1.29, 1.82) is 0 Å². The van der Waals surface area contributed by atoms with Crippen molar-refractivity contribution in [1.82, 2.24) is 13.7 Å². The number of hydrogen-bond acceptors (Lipinski definition) is 5. The van der Waals surface area contributed by atoms with Gasteiger partial charge in [-0.1, -0.05) is 19.9 Å². The van der Waals surface area contributed by atoms with Crippen LogP contribution in [0.2, 0.25) is 0 Å². The number of imidazole rings is 1. The molecule has 1 N–H and O–H groups in total. The van der Waals surface area contributed by atoms with E-state index in [0.717, 1.165) is 22.0 Å². The molecular formula is C25H26N4O3S2. The Morgan fingerprint density at radius 3 is 2.35 bits per heavy atom. The van der Waals surface area contributed by atoms with Crippen LogP contribution in [0, 0.1) is 0 Å². The molecule has 1 amide bonds. The maximum absolute atomic E-state index is 12.6. The molecule has 34 heavy (non-hydrogen) atoms. The fourth-order valence-corrected chi connectivity index (χ4v) is 5.78. The highest BCUT2D eigenvalue weighted by Crippen LogP contribution is 2.24. The number of aromatic nitrogens is 2. The van der Waals surface area contributed by atoms with E-state index in [0.29, 0.717) is 24.3 Å². The highest BCUT2D eigenvalue weighted by atomic mass is 32.2. The summed E-state index contributed by atoms with van der Waals surface area (Å²) in [4.78, 5) is 18.5. The SMILES string of the molecule is CCN(CC)S(=O)(=O)c1ccc(NC(=O)c2ccc(SCc3cn4ccccc4n3)cc2)cc1. The van der Waals surface area contributed by atoms with Crippen molar-refractivity contribution >= 4 is 39.0 Å². The number of pyridine rings is 1. The molecule has 0 aliphatic carbocycles. The number of carbonyl (C=O) groups is 1. The number of nitrogens with one attached hydrogen (secondary N) is 1. The van der Waals surface area contributed by atoms with E-state index >= 15 is 0 Å². The number of sulfonamides is 1. The third-order valence-electron chi connectivity index (χ3n) is 5.37. The largest absolute Gasteiger partial charge is 0.322 e. The highest BCUT2D eigenvalue weighted by molar-refractivity contribution is 7.98. The molecule has 2 aromatic carbocycles. The summed E-state index contributed by atoms with van der Waals surface area (Å²) in [6.07, 6.45) is 3.99. The van der Waals surface area contributed by atoms with Crippen LogP contribution in [0.3, 0.4) is 0 Å². The number of nitrogens with zero attached hydrogens (tertiary/aromatic N) is 3.